The molecular formula is C13H18O2. The Kier molecular flexibility index (Phi) is 2.37. The van der Waals surface area contributed by atoms with Crippen LogP contribution in [0.15, 0.2) is 12.1 Å². The molecule has 1 aliphatic heterocycles. The summed E-state index contributed by atoms with van der Waals surface area (Å²) < 4.78 is 5.99. The Morgan fingerprint density at radius 2 is 2.20 bits per heavy atom. The highest BCUT2D eigenvalue weighted by atomic mass is 16.5. The molecule has 2 rings (SSSR count). The van der Waals surface area contributed by atoms with Gasteiger partial charge in [0.15, 0.2) is 0 Å². The number of rotatable bonds is 1. The number of hydrogen-bond acceptors (Lipinski definition) is 2. The molecule has 0 saturated heterocycles. The van der Waals surface area contributed by atoms with Gasteiger partial charge in [0.05, 0.1) is 0 Å². The summed E-state index contributed by atoms with van der Waals surface area (Å²) in [6.07, 6.45) is 3.04. The van der Waals surface area contributed by atoms with E-state index in [2.05, 4.69) is 13.8 Å². The molecule has 0 fully saturated rings. The first-order valence-corrected chi connectivity index (χ1v) is 5.55. The van der Waals surface area contributed by atoms with E-state index in [1.165, 1.54) is 0 Å². The fraction of sp³-hybridized carbons (Fsp3) is 0.538. The molecule has 1 aliphatic rings. The van der Waals surface area contributed by atoms with Gasteiger partial charge in [-0.05, 0) is 56.4 Å². The summed E-state index contributed by atoms with van der Waals surface area (Å²) in [5.41, 5.74) is 1.98. The Morgan fingerprint density at radius 3 is 2.87 bits per heavy atom. The van der Waals surface area contributed by atoms with Crippen LogP contribution in [-0.2, 0) is 6.42 Å². The van der Waals surface area contributed by atoms with Crippen molar-refractivity contribution >= 4 is 0 Å². The molecule has 82 valence electrons. The number of benzene rings is 1. The summed E-state index contributed by atoms with van der Waals surface area (Å²) >= 11 is 0. The van der Waals surface area contributed by atoms with E-state index in [4.69, 9.17) is 4.74 Å². The van der Waals surface area contributed by atoms with Crippen LogP contribution in [0.4, 0.5) is 0 Å². The van der Waals surface area contributed by atoms with Gasteiger partial charge in [-0.2, -0.15) is 0 Å². The highest BCUT2D eigenvalue weighted by molar-refractivity contribution is 5.46. The maximum atomic E-state index is 9.61. The number of fused-ring (bicyclic) bond motifs is 1. The normalized spacial score (nSPS) is 24.5. The second kappa shape index (κ2) is 3.44. The van der Waals surface area contributed by atoms with E-state index in [1.807, 2.05) is 19.1 Å². The molecule has 0 aromatic heterocycles. The van der Waals surface area contributed by atoms with E-state index < -0.39 is 0 Å². The summed E-state index contributed by atoms with van der Waals surface area (Å²) in [5, 5.41) is 9.61. The lowest BCUT2D eigenvalue weighted by molar-refractivity contribution is 0.0610. The van der Waals surface area contributed by atoms with Gasteiger partial charge in [0, 0.05) is 0 Å². The summed E-state index contributed by atoms with van der Waals surface area (Å²) in [4.78, 5) is 0. The van der Waals surface area contributed by atoms with Crippen LogP contribution in [-0.4, -0.2) is 10.7 Å². The fourth-order valence-corrected chi connectivity index (χ4v) is 1.97. The van der Waals surface area contributed by atoms with Crippen molar-refractivity contribution in [3.8, 4) is 11.5 Å². The number of aryl methyl sites for hydroxylation is 2. The molecule has 1 heterocycles. The SMILES string of the molecule is CCC1(C)CCc2cc(O)c(C)cc2O1. The van der Waals surface area contributed by atoms with E-state index in [0.29, 0.717) is 5.75 Å². The maximum Gasteiger partial charge on any atom is 0.123 e. The van der Waals surface area contributed by atoms with Crippen LogP contribution < -0.4 is 4.74 Å². The third kappa shape index (κ3) is 1.81. The van der Waals surface area contributed by atoms with Gasteiger partial charge in [-0.25, -0.2) is 0 Å². The van der Waals surface area contributed by atoms with Crippen molar-refractivity contribution in [3.05, 3.63) is 23.3 Å². The van der Waals surface area contributed by atoms with Crippen molar-refractivity contribution in [3.63, 3.8) is 0 Å². The molecule has 1 unspecified atom stereocenters. The van der Waals surface area contributed by atoms with Gasteiger partial charge in [-0.1, -0.05) is 6.92 Å². The van der Waals surface area contributed by atoms with Gasteiger partial charge in [0.1, 0.15) is 17.1 Å². The number of hydrogen-bond donors (Lipinski definition) is 1. The van der Waals surface area contributed by atoms with Crippen molar-refractivity contribution in [2.24, 2.45) is 0 Å². The van der Waals surface area contributed by atoms with Crippen LogP contribution in [0.25, 0.3) is 0 Å². The molecule has 0 amide bonds. The number of phenols is 1. The van der Waals surface area contributed by atoms with Crippen LogP contribution in [0.1, 0.15) is 37.8 Å². The van der Waals surface area contributed by atoms with Crippen molar-refractivity contribution in [1.29, 1.82) is 0 Å². The quantitative estimate of drug-likeness (QED) is 0.764. The third-order valence-electron chi connectivity index (χ3n) is 3.41. The minimum Gasteiger partial charge on any atom is -0.508 e. The van der Waals surface area contributed by atoms with E-state index >= 15 is 0 Å². The number of phenolic OH excluding ortho intramolecular Hbond substituents is 1. The molecule has 0 bridgehead atoms. The van der Waals surface area contributed by atoms with Gasteiger partial charge in [0.25, 0.3) is 0 Å². The molecular weight excluding hydrogens is 188 g/mol. The Labute approximate surface area is 90.9 Å². The molecule has 0 spiro atoms. The van der Waals surface area contributed by atoms with Crippen molar-refractivity contribution in [2.45, 2.75) is 45.6 Å². The highest BCUT2D eigenvalue weighted by Gasteiger charge is 2.29. The first kappa shape index (κ1) is 10.3. The fourth-order valence-electron chi connectivity index (χ4n) is 1.97. The molecule has 1 atom stereocenters. The lowest BCUT2D eigenvalue weighted by Gasteiger charge is -2.35. The van der Waals surface area contributed by atoms with Gasteiger partial charge in [0.2, 0.25) is 0 Å². The van der Waals surface area contributed by atoms with E-state index in [-0.39, 0.29) is 5.60 Å². The van der Waals surface area contributed by atoms with Crippen LogP contribution in [0.2, 0.25) is 0 Å². The molecule has 15 heavy (non-hydrogen) atoms. The monoisotopic (exact) mass is 206 g/mol. The van der Waals surface area contributed by atoms with Gasteiger partial charge in [-0.3, -0.25) is 0 Å². The van der Waals surface area contributed by atoms with Crippen LogP contribution >= 0.6 is 0 Å². The second-order valence-corrected chi connectivity index (χ2v) is 4.65. The Balaban J connectivity index is 2.38. The highest BCUT2D eigenvalue weighted by Crippen LogP contribution is 2.37. The minimum absolute atomic E-state index is 0.0313. The first-order chi connectivity index (χ1) is 7.04. The maximum absolute atomic E-state index is 9.61. The number of aromatic hydroxyl groups is 1. The topological polar surface area (TPSA) is 29.5 Å². The van der Waals surface area contributed by atoms with Crippen molar-refractivity contribution < 1.29 is 9.84 Å². The van der Waals surface area contributed by atoms with E-state index in [1.54, 1.807) is 0 Å². The average molecular weight is 206 g/mol. The van der Waals surface area contributed by atoms with Gasteiger partial charge in [-0.15, -0.1) is 0 Å². The Bertz CT molecular complexity index is 384. The smallest absolute Gasteiger partial charge is 0.123 e. The largest absolute Gasteiger partial charge is 0.508 e. The molecule has 0 radical (unpaired) electrons. The number of ether oxygens (including phenoxy) is 1. The molecule has 0 aliphatic carbocycles. The van der Waals surface area contributed by atoms with Crippen LogP contribution in [0, 0.1) is 6.92 Å². The zero-order chi connectivity index (χ0) is 11.1. The van der Waals surface area contributed by atoms with Crippen LogP contribution in [0.5, 0.6) is 11.5 Å². The zero-order valence-corrected chi connectivity index (χ0v) is 9.63. The summed E-state index contributed by atoms with van der Waals surface area (Å²) in [6.45, 7) is 6.20. The first-order valence-electron chi connectivity index (χ1n) is 5.55. The standard InChI is InChI=1S/C13H18O2/c1-4-13(3)6-5-10-8-11(14)9(2)7-12(10)15-13/h7-8,14H,4-6H2,1-3H3. The lowest BCUT2D eigenvalue weighted by Crippen LogP contribution is -2.35. The lowest BCUT2D eigenvalue weighted by atomic mass is 9.90. The summed E-state index contributed by atoms with van der Waals surface area (Å²) in [6, 6.07) is 3.78. The predicted octanol–water partition coefficient (Wildman–Crippen LogP) is 3.19. The van der Waals surface area contributed by atoms with E-state index in [9.17, 15) is 5.11 Å². The van der Waals surface area contributed by atoms with Crippen molar-refractivity contribution in [1.82, 2.24) is 0 Å². The zero-order valence-electron chi connectivity index (χ0n) is 9.63. The molecule has 1 N–H and O–H groups in total. The average Bonchev–Trinajstić information content (AvgIpc) is 2.21. The van der Waals surface area contributed by atoms with Gasteiger partial charge < -0.3 is 9.84 Å². The molecule has 2 heteroatoms. The van der Waals surface area contributed by atoms with Gasteiger partial charge >= 0.3 is 0 Å². The molecule has 2 nitrogen and oxygen atoms in total. The van der Waals surface area contributed by atoms with E-state index in [0.717, 1.165) is 36.1 Å². The third-order valence-corrected chi connectivity index (χ3v) is 3.41. The predicted molar refractivity (Wildman–Crippen MR) is 60.5 cm³/mol. The van der Waals surface area contributed by atoms with Crippen molar-refractivity contribution in [2.75, 3.05) is 0 Å². The summed E-state index contributed by atoms with van der Waals surface area (Å²) in [5.74, 6) is 1.32. The molecule has 1 aromatic rings. The summed E-state index contributed by atoms with van der Waals surface area (Å²) in [7, 11) is 0. The second-order valence-electron chi connectivity index (χ2n) is 4.65. The minimum atomic E-state index is -0.0313. The molecule has 0 saturated carbocycles. The Morgan fingerprint density at radius 1 is 1.47 bits per heavy atom. The molecule has 1 aromatic carbocycles. The Hall–Kier alpha value is -1.18. The van der Waals surface area contributed by atoms with Crippen LogP contribution in [0.3, 0.4) is 0 Å².